The van der Waals surface area contributed by atoms with Gasteiger partial charge in [-0.15, -0.1) is 0 Å². The molecule has 0 nitrogen and oxygen atoms in total. The van der Waals surface area contributed by atoms with Crippen molar-refractivity contribution in [1.29, 1.82) is 0 Å². The molecule has 0 aliphatic heterocycles. The zero-order valence-electron chi connectivity index (χ0n) is 19.9. The van der Waals surface area contributed by atoms with E-state index in [9.17, 15) is 0 Å². The van der Waals surface area contributed by atoms with Gasteiger partial charge < -0.3 is 0 Å². The van der Waals surface area contributed by atoms with Gasteiger partial charge in [0.1, 0.15) is 0 Å². The molecule has 2 heteroatoms. The van der Waals surface area contributed by atoms with Gasteiger partial charge in [-0.05, 0) is 0 Å². The summed E-state index contributed by atoms with van der Waals surface area (Å²) in [7, 11) is -0.600. The molecule has 0 fully saturated rings. The summed E-state index contributed by atoms with van der Waals surface area (Å²) in [6.45, 7) is 0. The fourth-order valence-corrected chi connectivity index (χ4v) is 12.1. The summed E-state index contributed by atoms with van der Waals surface area (Å²) in [4.78, 5) is 0. The van der Waals surface area contributed by atoms with Crippen LogP contribution in [0.4, 0.5) is 0 Å². The predicted molar refractivity (Wildman–Crippen MR) is 150 cm³/mol. The van der Waals surface area contributed by atoms with Crippen molar-refractivity contribution in [3.05, 3.63) is 161 Å². The summed E-state index contributed by atoms with van der Waals surface area (Å²) in [5.41, 5.74) is 8.89. The number of hydrogen-bond acceptors (Lipinski definition) is 0. The number of allylic oxidation sites excluding steroid dienone is 1. The molecule has 0 spiro atoms. The summed E-state index contributed by atoms with van der Waals surface area (Å²) in [5, 5.41) is 4.52. The molecule has 0 heterocycles. The van der Waals surface area contributed by atoms with Crippen LogP contribution in [0.25, 0.3) is 17.2 Å². The first-order chi connectivity index (χ1) is 17.9. The SMILES string of the molecule is C1=C(P(c2ccccc2)c2ccccc2)[CH]([Ti][CH]2c3ccccc3-c3ccccc32)c2ccccc21. The molecule has 0 bridgehead atoms. The monoisotopic (exact) mass is 512 g/mol. The maximum atomic E-state index is 2.54. The third kappa shape index (κ3) is 3.77. The first kappa shape index (κ1) is 22.2. The minimum atomic E-state index is -0.600. The first-order valence-corrected chi connectivity index (χ1v) is 15.7. The molecule has 5 aromatic rings. The second-order valence-electron chi connectivity index (χ2n) is 9.41. The Hall–Kier alpha value is -3.02. The Morgan fingerprint density at radius 2 is 0.917 bits per heavy atom. The molecule has 1 atom stereocenters. The van der Waals surface area contributed by atoms with Gasteiger partial charge in [-0.1, -0.05) is 0 Å². The standard InChI is InChI=1S/C21H16P.C13H9.Ti/c1-3-11-19(12-4-1)22(20-13-5-2-6-14-20)21-15-17-9-7-8-10-18(17)16-21;1-3-7-12-10(5-1)9-11-6-2-4-8-13(11)12;/h1-16H;1-9H;. The van der Waals surface area contributed by atoms with Gasteiger partial charge in [-0.3, -0.25) is 0 Å². The minimum absolute atomic E-state index is 0.443. The molecule has 2 aliphatic carbocycles. The molecule has 170 valence electrons. The van der Waals surface area contributed by atoms with Crippen LogP contribution in [0.3, 0.4) is 0 Å². The van der Waals surface area contributed by atoms with Crippen molar-refractivity contribution in [3.63, 3.8) is 0 Å². The number of hydrogen-bond donors (Lipinski definition) is 0. The molecule has 7 rings (SSSR count). The van der Waals surface area contributed by atoms with Gasteiger partial charge in [-0.2, -0.15) is 0 Å². The Kier molecular flexibility index (Phi) is 5.83. The van der Waals surface area contributed by atoms with E-state index in [1.165, 1.54) is 44.0 Å². The Morgan fingerprint density at radius 3 is 1.50 bits per heavy atom. The summed E-state index contributed by atoms with van der Waals surface area (Å²) in [5.74, 6) is 0. The molecular weight excluding hydrogens is 487 g/mol. The molecule has 1 unspecified atom stereocenters. The molecule has 0 aromatic heterocycles. The number of benzene rings is 5. The number of rotatable bonds is 5. The van der Waals surface area contributed by atoms with Crippen molar-refractivity contribution in [1.82, 2.24) is 0 Å². The van der Waals surface area contributed by atoms with Crippen LogP contribution in [0.15, 0.2) is 139 Å². The summed E-state index contributed by atoms with van der Waals surface area (Å²) in [6, 6.07) is 49.8. The molecule has 36 heavy (non-hydrogen) atoms. The van der Waals surface area contributed by atoms with Crippen LogP contribution in [-0.4, -0.2) is 0 Å². The molecule has 0 saturated carbocycles. The van der Waals surface area contributed by atoms with E-state index in [2.05, 4.69) is 140 Å². The van der Waals surface area contributed by atoms with Crippen molar-refractivity contribution in [2.24, 2.45) is 0 Å². The van der Waals surface area contributed by atoms with Crippen molar-refractivity contribution in [2.75, 3.05) is 0 Å². The van der Waals surface area contributed by atoms with Gasteiger partial charge in [0.2, 0.25) is 0 Å². The van der Waals surface area contributed by atoms with Crippen molar-refractivity contribution in [2.45, 2.75) is 8.45 Å². The maximum absolute atomic E-state index is 2.54. The normalized spacial score (nSPS) is 15.8. The van der Waals surface area contributed by atoms with Crippen molar-refractivity contribution < 1.29 is 19.2 Å². The van der Waals surface area contributed by atoms with Crippen molar-refractivity contribution in [3.8, 4) is 11.1 Å². The fraction of sp³-hybridized carbons (Fsp3) is 0.0588. The topological polar surface area (TPSA) is 0 Å². The van der Waals surface area contributed by atoms with Crippen LogP contribution < -0.4 is 10.6 Å². The summed E-state index contributed by atoms with van der Waals surface area (Å²) < 4.78 is 1.04. The third-order valence-electron chi connectivity index (χ3n) is 7.36. The second kappa shape index (κ2) is 9.46. The molecule has 0 amide bonds. The second-order valence-corrected chi connectivity index (χ2v) is 14.0. The van der Waals surface area contributed by atoms with Crippen LogP contribution in [0, 0.1) is 0 Å². The van der Waals surface area contributed by atoms with Crippen LogP contribution in [-0.2, 0) is 19.2 Å². The van der Waals surface area contributed by atoms with E-state index in [-0.39, 0.29) is 0 Å². The van der Waals surface area contributed by atoms with E-state index in [0.29, 0.717) is 8.45 Å². The Bertz CT molecular complexity index is 1490. The molecule has 0 radical (unpaired) electrons. The van der Waals surface area contributed by atoms with Crippen LogP contribution in [0.2, 0.25) is 0 Å². The Labute approximate surface area is 223 Å². The number of fused-ring (bicyclic) bond motifs is 4. The summed E-state index contributed by atoms with van der Waals surface area (Å²) in [6.07, 6.45) is 2.54. The Morgan fingerprint density at radius 1 is 0.444 bits per heavy atom. The zero-order valence-corrected chi connectivity index (χ0v) is 22.3. The molecule has 0 N–H and O–H groups in total. The average molecular weight is 512 g/mol. The van der Waals surface area contributed by atoms with E-state index >= 15 is 0 Å². The van der Waals surface area contributed by atoms with E-state index < -0.39 is 27.1 Å². The van der Waals surface area contributed by atoms with Crippen LogP contribution in [0.5, 0.6) is 0 Å². The van der Waals surface area contributed by atoms with Crippen LogP contribution >= 0.6 is 7.92 Å². The van der Waals surface area contributed by atoms with Gasteiger partial charge in [0, 0.05) is 0 Å². The zero-order chi connectivity index (χ0) is 23.9. The van der Waals surface area contributed by atoms with Crippen molar-refractivity contribution >= 4 is 24.6 Å². The van der Waals surface area contributed by atoms with E-state index in [1.54, 1.807) is 5.31 Å². The average Bonchev–Trinajstić information content (AvgIpc) is 3.46. The van der Waals surface area contributed by atoms with Gasteiger partial charge >= 0.3 is 224 Å². The van der Waals surface area contributed by atoms with Gasteiger partial charge in [0.05, 0.1) is 0 Å². The van der Waals surface area contributed by atoms with Crippen LogP contribution in [0.1, 0.15) is 30.7 Å². The Balaban J connectivity index is 1.37. The first-order valence-electron chi connectivity index (χ1n) is 12.5. The van der Waals surface area contributed by atoms with E-state index in [1.807, 2.05) is 0 Å². The van der Waals surface area contributed by atoms with E-state index in [4.69, 9.17) is 0 Å². The molecule has 2 aliphatic rings. The fourth-order valence-electron chi connectivity index (χ4n) is 5.78. The van der Waals surface area contributed by atoms with Gasteiger partial charge in [0.25, 0.3) is 0 Å². The molecule has 5 aromatic carbocycles. The molecule has 0 saturated heterocycles. The quantitative estimate of drug-likeness (QED) is 0.165. The van der Waals surface area contributed by atoms with Gasteiger partial charge in [0.15, 0.2) is 0 Å². The summed E-state index contributed by atoms with van der Waals surface area (Å²) >= 11 is -0.443. The predicted octanol–water partition coefficient (Wildman–Crippen LogP) is 8.07. The third-order valence-corrected chi connectivity index (χ3v) is 13.3. The van der Waals surface area contributed by atoms with E-state index in [0.717, 1.165) is 0 Å². The van der Waals surface area contributed by atoms with Gasteiger partial charge in [-0.25, -0.2) is 0 Å². The molecular formula is C34H25PTi.